The van der Waals surface area contributed by atoms with Gasteiger partial charge in [0.2, 0.25) is 0 Å². The highest BCUT2D eigenvalue weighted by Gasteiger charge is 2.18. The Morgan fingerprint density at radius 2 is 2.00 bits per heavy atom. The first kappa shape index (κ1) is 17.0. The smallest absolute Gasteiger partial charge is 0.355 e. The molecule has 0 saturated carbocycles. The van der Waals surface area contributed by atoms with Gasteiger partial charge in [0.05, 0.1) is 5.56 Å². The van der Waals surface area contributed by atoms with E-state index in [1.165, 1.54) is 24.2 Å². The highest BCUT2D eigenvalue weighted by molar-refractivity contribution is 7.13. The van der Waals surface area contributed by atoms with Gasteiger partial charge in [-0.25, -0.2) is 9.78 Å². The minimum absolute atomic E-state index is 0.0703. The van der Waals surface area contributed by atoms with Crippen LogP contribution in [0.3, 0.4) is 0 Å². The lowest BCUT2D eigenvalue weighted by Gasteiger charge is -2.17. The molecule has 6 heteroatoms. The molecule has 4 rings (SSSR count). The molecule has 0 radical (unpaired) electrons. The number of aromatic nitrogens is 1. The first-order valence-electron chi connectivity index (χ1n) is 8.78. The first-order chi connectivity index (χ1) is 12.7. The van der Waals surface area contributed by atoms with Crippen LogP contribution >= 0.6 is 11.3 Å². The molecule has 5 nitrogen and oxygen atoms in total. The maximum atomic E-state index is 11.2. The fourth-order valence-corrected chi connectivity index (χ4v) is 4.23. The van der Waals surface area contributed by atoms with Gasteiger partial charge in [0.1, 0.15) is 17.4 Å². The Hall–Kier alpha value is -2.44. The van der Waals surface area contributed by atoms with E-state index in [2.05, 4.69) is 9.88 Å². The Morgan fingerprint density at radius 1 is 1.19 bits per heavy atom. The molecule has 2 aromatic carbocycles. The molecule has 1 aliphatic rings. The number of carboxylic acids is 1. The van der Waals surface area contributed by atoms with Crippen molar-refractivity contribution in [2.75, 3.05) is 26.2 Å². The molecule has 3 aromatic rings. The van der Waals surface area contributed by atoms with Gasteiger partial charge in [-0.1, -0.05) is 30.3 Å². The fourth-order valence-electron chi connectivity index (χ4n) is 3.37. The van der Waals surface area contributed by atoms with Crippen molar-refractivity contribution in [3.05, 3.63) is 47.5 Å². The molecule has 1 N–H and O–H groups in total. The van der Waals surface area contributed by atoms with Crippen LogP contribution in [-0.4, -0.2) is 47.2 Å². The number of ether oxygens (including phenoxy) is 1. The molecule has 0 atom stereocenters. The average Bonchev–Trinajstić information content (AvgIpc) is 3.33. The summed E-state index contributed by atoms with van der Waals surface area (Å²) < 4.78 is 6.11. The van der Waals surface area contributed by atoms with Crippen LogP contribution in [0.25, 0.3) is 21.3 Å². The van der Waals surface area contributed by atoms with E-state index in [9.17, 15) is 9.90 Å². The summed E-state index contributed by atoms with van der Waals surface area (Å²) in [6, 6.07) is 12.0. The van der Waals surface area contributed by atoms with E-state index in [4.69, 9.17) is 4.74 Å². The molecule has 0 bridgehead atoms. The number of likely N-dealkylation sites (tertiary alicyclic amines) is 1. The van der Waals surface area contributed by atoms with Crippen molar-refractivity contribution in [1.29, 1.82) is 0 Å². The number of nitrogens with zero attached hydrogens (tertiary/aromatic N) is 2. The number of rotatable bonds is 6. The SMILES string of the molecule is O=C(O)c1csc(-c2c(OCCN3CCCC3)ccc3ccccc23)n1. The number of carboxylic acid groups (broad SMARTS) is 1. The van der Waals surface area contributed by atoms with Crippen LogP contribution in [0, 0.1) is 0 Å². The molecule has 0 unspecified atom stereocenters. The third-order valence-corrected chi connectivity index (χ3v) is 5.55. The Morgan fingerprint density at radius 3 is 2.77 bits per heavy atom. The van der Waals surface area contributed by atoms with Crippen molar-refractivity contribution < 1.29 is 14.6 Å². The minimum Gasteiger partial charge on any atom is -0.491 e. The zero-order valence-electron chi connectivity index (χ0n) is 14.4. The second-order valence-electron chi connectivity index (χ2n) is 6.40. The van der Waals surface area contributed by atoms with E-state index in [0.29, 0.717) is 11.6 Å². The van der Waals surface area contributed by atoms with Crippen molar-refractivity contribution in [3.8, 4) is 16.3 Å². The van der Waals surface area contributed by atoms with Crippen molar-refractivity contribution in [1.82, 2.24) is 9.88 Å². The van der Waals surface area contributed by atoms with E-state index in [1.54, 1.807) is 5.38 Å². The Bertz CT molecular complexity index is 932. The second-order valence-corrected chi connectivity index (χ2v) is 7.26. The minimum atomic E-state index is -1.01. The van der Waals surface area contributed by atoms with Gasteiger partial charge in [-0.3, -0.25) is 4.90 Å². The van der Waals surface area contributed by atoms with Crippen molar-refractivity contribution in [2.45, 2.75) is 12.8 Å². The molecule has 0 amide bonds. The predicted octanol–water partition coefficient (Wildman–Crippen LogP) is 4.14. The van der Waals surface area contributed by atoms with E-state index >= 15 is 0 Å². The summed E-state index contributed by atoms with van der Waals surface area (Å²) in [5, 5.41) is 13.6. The molecule has 1 aliphatic heterocycles. The van der Waals surface area contributed by atoms with Gasteiger partial charge in [-0.15, -0.1) is 11.3 Å². The van der Waals surface area contributed by atoms with Crippen LogP contribution < -0.4 is 4.74 Å². The van der Waals surface area contributed by atoms with Crippen LogP contribution in [0.15, 0.2) is 41.8 Å². The van der Waals surface area contributed by atoms with Crippen LogP contribution in [0.4, 0.5) is 0 Å². The molecule has 2 heterocycles. The number of fused-ring (bicyclic) bond motifs is 1. The molecule has 0 aliphatic carbocycles. The summed E-state index contributed by atoms with van der Waals surface area (Å²) in [4.78, 5) is 17.9. The largest absolute Gasteiger partial charge is 0.491 e. The Kier molecular flexibility index (Phi) is 4.86. The van der Waals surface area contributed by atoms with Crippen molar-refractivity contribution in [3.63, 3.8) is 0 Å². The lowest BCUT2D eigenvalue weighted by Crippen LogP contribution is -2.25. The number of benzene rings is 2. The lowest BCUT2D eigenvalue weighted by molar-refractivity contribution is 0.0691. The number of carbonyl (C=O) groups is 1. The van der Waals surface area contributed by atoms with Gasteiger partial charge < -0.3 is 9.84 Å². The summed E-state index contributed by atoms with van der Waals surface area (Å²) in [7, 11) is 0. The van der Waals surface area contributed by atoms with Gasteiger partial charge >= 0.3 is 5.97 Å². The fraction of sp³-hybridized carbons (Fsp3) is 0.300. The topological polar surface area (TPSA) is 62.7 Å². The third kappa shape index (κ3) is 3.43. The quantitative estimate of drug-likeness (QED) is 0.709. The van der Waals surface area contributed by atoms with E-state index in [0.717, 1.165) is 41.7 Å². The standard InChI is InChI=1S/C20H20N2O3S/c23-20(24)16-13-26-19(21-16)18-15-6-2-1-5-14(15)7-8-17(18)25-12-11-22-9-3-4-10-22/h1-2,5-8,13H,3-4,9-12H2,(H,23,24). The number of aromatic carboxylic acids is 1. The van der Waals surface area contributed by atoms with Gasteiger partial charge in [-0.2, -0.15) is 0 Å². The molecule has 134 valence electrons. The summed E-state index contributed by atoms with van der Waals surface area (Å²) in [5.74, 6) is -0.251. The van der Waals surface area contributed by atoms with Crippen LogP contribution in [0.2, 0.25) is 0 Å². The number of thiazole rings is 1. The summed E-state index contributed by atoms with van der Waals surface area (Å²) in [5.41, 5.74) is 0.947. The molecule has 26 heavy (non-hydrogen) atoms. The maximum Gasteiger partial charge on any atom is 0.355 e. The zero-order chi connectivity index (χ0) is 17.9. The first-order valence-corrected chi connectivity index (χ1v) is 9.66. The predicted molar refractivity (Wildman–Crippen MR) is 103 cm³/mol. The van der Waals surface area contributed by atoms with Crippen LogP contribution in [-0.2, 0) is 0 Å². The van der Waals surface area contributed by atoms with Gasteiger partial charge in [0, 0.05) is 11.9 Å². The molecule has 1 saturated heterocycles. The summed E-state index contributed by atoms with van der Waals surface area (Å²) in [6.45, 7) is 3.80. The van der Waals surface area contributed by atoms with Crippen molar-refractivity contribution in [2.24, 2.45) is 0 Å². The third-order valence-electron chi connectivity index (χ3n) is 4.69. The van der Waals surface area contributed by atoms with Gasteiger partial charge in [0.25, 0.3) is 0 Å². The summed E-state index contributed by atoms with van der Waals surface area (Å²) >= 11 is 1.34. The van der Waals surface area contributed by atoms with Crippen LogP contribution in [0.1, 0.15) is 23.3 Å². The highest BCUT2D eigenvalue weighted by Crippen LogP contribution is 2.38. The van der Waals surface area contributed by atoms with Gasteiger partial charge in [0.15, 0.2) is 5.69 Å². The zero-order valence-corrected chi connectivity index (χ0v) is 15.2. The highest BCUT2D eigenvalue weighted by atomic mass is 32.1. The van der Waals surface area contributed by atoms with Gasteiger partial charge in [-0.05, 0) is 42.8 Å². The van der Waals surface area contributed by atoms with E-state index < -0.39 is 5.97 Å². The molecular formula is C20H20N2O3S. The molecule has 1 fully saturated rings. The van der Waals surface area contributed by atoms with E-state index in [1.807, 2.05) is 36.4 Å². The van der Waals surface area contributed by atoms with E-state index in [-0.39, 0.29) is 5.69 Å². The Balaban J connectivity index is 1.68. The molecule has 1 aromatic heterocycles. The molecular weight excluding hydrogens is 348 g/mol. The molecule has 0 spiro atoms. The number of hydrogen-bond acceptors (Lipinski definition) is 5. The summed E-state index contributed by atoms with van der Waals surface area (Å²) in [6.07, 6.45) is 2.52. The van der Waals surface area contributed by atoms with Crippen molar-refractivity contribution >= 4 is 28.1 Å². The number of hydrogen-bond donors (Lipinski definition) is 1. The maximum absolute atomic E-state index is 11.2. The monoisotopic (exact) mass is 368 g/mol. The normalized spacial score (nSPS) is 14.8. The Labute approximate surface area is 155 Å². The average molecular weight is 368 g/mol. The van der Waals surface area contributed by atoms with Crippen LogP contribution in [0.5, 0.6) is 5.75 Å². The lowest BCUT2D eigenvalue weighted by atomic mass is 10.0. The second kappa shape index (κ2) is 7.43.